The molecule has 4 nitrogen and oxygen atoms in total. The van der Waals surface area contributed by atoms with Crippen molar-refractivity contribution in [2.45, 2.75) is 13.3 Å². The first-order valence-corrected chi connectivity index (χ1v) is 8.60. The van der Waals surface area contributed by atoms with E-state index < -0.39 is 0 Å². The van der Waals surface area contributed by atoms with Gasteiger partial charge in [0.05, 0.1) is 5.02 Å². The molecule has 3 rings (SSSR count). The van der Waals surface area contributed by atoms with Crippen LogP contribution in [0.5, 0.6) is 11.5 Å². The Kier molecular flexibility index (Phi) is 4.47. The minimum Gasteiger partial charge on any atom is -0.454 e. The summed E-state index contributed by atoms with van der Waals surface area (Å²) in [5, 5.41) is 0.455. The van der Waals surface area contributed by atoms with Gasteiger partial charge in [-0.05, 0) is 41.6 Å². The topological polar surface area (TPSA) is 47.9 Å². The van der Waals surface area contributed by atoms with Crippen molar-refractivity contribution in [1.82, 2.24) is 0 Å². The maximum Gasteiger partial charge on any atom is 0.244 e. The van der Waals surface area contributed by atoms with Gasteiger partial charge in [-0.15, -0.1) is 0 Å². The summed E-state index contributed by atoms with van der Waals surface area (Å²) in [6, 6.07) is 3.46. The zero-order chi connectivity index (χ0) is 14.8. The van der Waals surface area contributed by atoms with E-state index in [-0.39, 0.29) is 11.9 Å². The lowest BCUT2D eigenvalue weighted by Gasteiger charge is -2.01. The highest BCUT2D eigenvalue weighted by Gasteiger charge is 2.23. The molecule has 0 atom stereocenters. The molecule has 1 aromatic carbocycles. The molecular formula is C14H12ClNO3S2. The highest BCUT2D eigenvalue weighted by molar-refractivity contribution is 8.45. The standard InChI is InChI=1S/C14H12ClNO3S2/c1-2-3-20-14-16-10(13(17)21-14)4-8-5-11-12(6-9(8)15)19-7-18-11/h4-6H,2-3,7H2,1H3/b10-4-. The Balaban J connectivity index is 1.88. The number of carbonyl (C=O) groups is 1. The van der Waals surface area contributed by atoms with E-state index >= 15 is 0 Å². The van der Waals surface area contributed by atoms with E-state index in [1.807, 2.05) is 0 Å². The van der Waals surface area contributed by atoms with Crippen molar-refractivity contribution in [3.63, 3.8) is 0 Å². The van der Waals surface area contributed by atoms with Crippen molar-refractivity contribution in [1.29, 1.82) is 0 Å². The first-order chi connectivity index (χ1) is 10.2. The fraction of sp³-hybridized carbons (Fsp3) is 0.286. The van der Waals surface area contributed by atoms with Gasteiger partial charge in [0.2, 0.25) is 11.9 Å². The van der Waals surface area contributed by atoms with Crippen LogP contribution in [0.25, 0.3) is 6.08 Å². The highest BCUT2D eigenvalue weighted by atomic mass is 35.5. The van der Waals surface area contributed by atoms with Crippen LogP contribution in [0.15, 0.2) is 22.8 Å². The van der Waals surface area contributed by atoms with E-state index in [1.54, 1.807) is 30.0 Å². The molecule has 0 fully saturated rings. The summed E-state index contributed by atoms with van der Waals surface area (Å²) in [5.74, 6) is 2.21. The first kappa shape index (κ1) is 14.8. The quantitative estimate of drug-likeness (QED) is 0.772. The Morgan fingerprint density at radius 1 is 1.43 bits per heavy atom. The molecule has 0 saturated carbocycles. The Labute approximate surface area is 135 Å². The summed E-state index contributed by atoms with van der Waals surface area (Å²) >= 11 is 8.97. The number of benzene rings is 1. The van der Waals surface area contributed by atoms with Crippen LogP contribution in [-0.4, -0.2) is 22.0 Å². The molecule has 0 N–H and O–H groups in total. The number of hydrogen-bond donors (Lipinski definition) is 0. The Morgan fingerprint density at radius 2 is 2.19 bits per heavy atom. The summed E-state index contributed by atoms with van der Waals surface area (Å²) in [6.45, 7) is 2.29. The molecule has 0 aliphatic carbocycles. The zero-order valence-electron chi connectivity index (χ0n) is 11.2. The van der Waals surface area contributed by atoms with Gasteiger partial charge >= 0.3 is 0 Å². The molecule has 2 aliphatic heterocycles. The Hall–Kier alpha value is -1.11. The van der Waals surface area contributed by atoms with Crippen LogP contribution in [0.1, 0.15) is 18.9 Å². The van der Waals surface area contributed by atoms with E-state index in [0.29, 0.717) is 27.8 Å². The molecule has 0 bridgehead atoms. The van der Waals surface area contributed by atoms with Crippen molar-refractivity contribution < 1.29 is 14.3 Å². The maximum atomic E-state index is 12.0. The molecule has 21 heavy (non-hydrogen) atoms. The molecule has 7 heteroatoms. The zero-order valence-corrected chi connectivity index (χ0v) is 13.6. The molecule has 0 radical (unpaired) electrons. The van der Waals surface area contributed by atoms with E-state index in [2.05, 4.69) is 11.9 Å². The van der Waals surface area contributed by atoms with Crippen LogP contribution >= 0.6 is 35.1 Å². The van der Waals surface area contributed by atoms with Gasteiger partial charge in [0.1, 0.15) is 10.1 Å². The average Bonchev–Trinajstić information content (AvgIpc) is 3.04. The minimum atomic E-state index is -0.0534. The third-order valence-corrected chi connectivity index (χ3v) is 5.36. The molecule has 0 aromatic heterocycles. The largest absolute Gasteiger partial charge is 0.454 e. The minimum absolute atomic E-state index is 0.0534. The second-order valence-electron chi connectivity index (χ2n) is 4.37. The second kappa shape index (κ2) is 6.34. The number of rotatable bonds is 3. The average molecular weight is 342 g/mol. The SMILES string of the molecule is CCCSC1=N/C(=C\c2cc3c(cc2Cl)OCO3)C(=O)S1. The molecular weight excluding hydrogens is 330 g/mol. The fourth-order valence-electron chi connectivity index (χ4n) is 1.83. The first-order valence-electron chi connectivity index (χ1n) is 6.42. The molecule has 0 saturated heterocycles. The number of ether oxygens (including phenoxy) is 2. The summed E-state index contributed by atoms with van der Waals surface area (Å²) in [4.78, 5) is 16.3. The number of fused-ring (bicyclic) bond motifs is 1. The second-order valence-corrected chi connectivity index (χ2v) is 7.08. The van der Waals surface area contributed by atoms with Gasteiger partial charge in [0.15, 0.2) is 11.5 Å². The molecule has 2 aliphatic rings. The fourth-order valence-corrected chi connectivity index (χ4v) is 3.81. The molecule has 0 spiro atoms. The number of carbonyl (C=O) groups excluding carboxylic acids is 1. The van der Waals surface area contributed by atoms with Gasteiger partial charge in [0.25, 0.3) is 0 Å². The summed E-state index contributed by atoms with van der Waals surface area (Å²) in [6.07, 6.45) is 2.74. The molecule has 0 amide bonds. The predicted octanol–water partition coefficient (Wildman–Crippen LogP) is 4.18. The van der Waals surface area contributed by atoms with Crippen LogP contribution in [0, 0.1) is 0 Å². The third-order valence-electron chi connectivity index (χ3n) is 2.81. The number of nitrogens with zero attached hydrogens (tertiary/aromatic N) is 1. The van der Waals surface area contributed by atoms with E-state index in [4.69, 9.17) is 21.1 Å². The van der Waals surface area contributed by atoms with Crippen LogP contribution < -0.4 is 9.47 Å². The van der Waals surface area contributed by atoms with Crippen LogP contribution in [0.4, 0.5) is 0 Å². The van der Waals surface area contributed by atoms with Crippen molar-refractivity contribution in [3.05, 3.63) is 28.4 Å². The third kappa shape index (κ3) is 3.22. The number of hydrogen-bond acceptors (Lipinski definition) is 6. The van der Waals surface area contributed by atoms with Crippen molar-refractivity contribution in [2.75, 3.05) is 12.5 Å². The van der Waals surface area contributed by atoms with Crippen LogP contribution in [0.2, 0.25) is 5.02 Å². The highest BCUT2D eigenvalue weighted by Crippen LogP contribution is 2.39. The monoisotopic (exact) mass is 341 g/mol. The van der Waals surface area contributed by atoms with Crippen molar-refractivity contribution in [3.8, 4) is 11.5 Å². The Morgan fingerprint density at radius 3 is 2.95 bits per heavy atom. The number of thioether (sulfide) groups is 2. The van der Waals surface area contributed by atoms with E-state index in [0.717, 1.165) is 16.5 Å². The van der Waals surface area contributed by atoms with Crippen LogP contribution in [0.3, 0.4) is 0 Å². The van der Waals surface area contributed by atoms with Gasteiger partial charge in [-0.2, -0.15) is 0 Å². The van der Waals surface area contributed by atoms with Gasteiger partial charge < -0.3 is 9.47 Å². The lowest BCUT2D eigenvalue weighted by atomic mass is 10.1. The predicted molar refractivity (Wildman–Crippen MR) is 88.3 cm³/mol. The van der Waals surface area contributed by atoms with Crippen LogP contribution in [-0.2, 0) is 4.79 Å². The number of halogens is 1. The summed E-state index contributed by atoms with van der Waals surface area (Å²) in [7, 11) is 0. The Bertz CT molecular complexity index is 658. The molecule has 0 unspecified atom stereocenters. The van der Waals surface area contributed by atoms with Gasteiger partial charge in [-0.1, -0.05) is 30.3 Å². The summed E-state index contributed by atoms with van der Waals surface area (Å²) in [5.41, 5.74) is 1.12. The smallest absolute Gasteiger partial charge is 0.244 e. The van der Waals surface area contributed by atoms with Gasteiger partial charge in [0, 0.05) is 6.07 Å². The lowest BCUT2D eigenvalue weighted by molar-refractivity contribution is -0.107. The molecule has 2 heterocycles. The lowest BCUT2D eigenvalue weighted by Crippen LogP contribution is -1.92. The van der Waals surface area contributed by atoms with E-state index in [1.165, 1.54) is 11.8 Å². The number of aliphatic imine (C=N–C) groups is 1. The molecule has 110 valence electrons. The van der Waals surface area contributed by atoms with Crippen molar-refractivity contribution >= 4 is 50.7 Å². The van der Waals surface area contributed by atoms with Gasteiger partial charge in [-0.3, -0.25) is 4.79 Å². The maximum absolute atomic E-state index is 12.0. The molecule has 1 aromatic rings. The summed E-state index contributed by atoms with van der Waals surface area (Å²) < 4.78 is 11.4. The normalized spacial score (nSPS) is 18.5. The van der Waals surface area contributed by atoms with Gasteiger partial charge in [-0.25, -0.2) is 4.99 Å². The van der Waals surface area contributed by atoms with E-state index in [9.17, 15) is 4.79 Å². The van der Waals surface area contributed by atoms with Crippen molar-refractivity contribution in [2.24, 2.45) is 4.99 Å².